The van der Waals surface area contributed by atoms with Gasteiger partial charge in [0.15, 0.2) is 5.78 Å². The molecule has 0 radical (unpaired) electrons. The second kappa shape index (κ2) is 6.96. The predicted molar refractivity (Wildman–Crippen MR) is 65.9 cm³/mol. The van der Waals surface area contributed by atoms with Crippen molar-refractivity contribution in [2.45, 2.75) is 33.1 Å². The number of ether oxygens (including phenoxy) is 1. The quantitative estimate of drug-likeness (QED) is 0.382. The van der Waals surface area contributed by atoms with E-state index >= 15 is 0 Å². The minimum atomic E-state index is -3.99. The fraction of sp³-hybridized carbons (Fsp3) is 0.818. The first-order valence-electron chi connectivity index (χ1n) is 5.62. The highest BCUT2D eigenvalue weighted by Gasteiger charge is 2.36. The summed E-state index contributed by atoms with van der Waals surface area (Å²) in [5.74, 6) is -0.944. The highest BCUT2D eigenvalue weighted by atomic mass is 32.2. The van der Waals surface area contributed by atoms with Crippen LogP contribution in [0, 0.1) is 5.41 Å². The average molecular weight is 280 g/mol. The molecule has 1 N–H and O–H groups in total. The first-order chi connectivity index (χ1) is 8.13. The summed E-state index contributed by atoms with van der Waals surface area (Å²) in [6, 6.07) is 0. The number of hydrogen-bond acceptors (Lipinski definition) is 5. The lowest BCUT2D eigenvalue weighted by Crippen LogP contribution is -2.37. The molecule has 0 aromatic carbocycles. The summed E-state index contributed by atoms with van der Waals surface area (Å²) >= 11 is 0. The van der Waals surface area contributed by atoms with Crippen molar-refractivity contribution < 1.29 is 27.3 Å². The third-order valence-electron chi connectivity index (χ3n) is 3.00. The lowest BCUT2D eigenvalue weighted by Gasteiger charge is -2.24. The Balaban J connectivity index is 4.46. The first kappa shape index (κ1) is 17.2. The van der Waals surface area contributed by atoms with Crippen LogP contribution in [0.5, 0.6) is 0 Å². The number of carbonyl (C=O) groups is 2. The fourth-order valence-corrected chi connectivity index (χ4v) is 2.13. The molecule has 18 heavy (non-hydrogen) atoms. The smallest absolute Gasteiger partial charge is 0.264 e. The van der Waals surface area contributed by atoms with Crippen molar-refractivity contribution in [2.75, 3.05) is 19.5 Å². The molecule has 1 atom stereocenters. The van der Waals surface area contributed by atoms with E-state index in [9.17, 15) is 18.0 Å². The lowest BCUT2D eigenvalue weighted by molar-refractivity contribution is -0.141. The number of unbranched alkanes of at least 4 members (excludes halogenated alkanes) is 1. The van der Waals surface area contributed by atoms with Crippen LogP contribution in [-0.4, -0.2) is 44.0 Å². The Bertz CT molecular complexity index is 400. The van der Waals surface area contributed by atoms with Gasteiger partial charge in [-0.05, 0) is 26.7 Å². The summed E-state index contributed by atoms with van der Waals surface area (Å²) in [7, 11) is -2.62. The van der Waals surface area contributed by atoms with E-state index in [1.54, 1.807) is 0 Å². The Hall–Kier alpha value is -0.790. The SMILES string of the molecule is COCC(=O)C(C)(CCCCS(=O)(=O)O)C(C)=O. The molecule has 106 valence electrons. The van der Waals surface area contributed by atoms with Crippen molar-refractivity contribution in [3.8, 4) is 0 Å². The summed E-state index contributed by atoms with van der Waals surface area (Å²) < 4.78 is 34.3. The number of methoxy groups -OCH3 is 1. The Morgan fingerprint density at radius 1 is 1.28 bits per heavy atom. The van der Waals surface area contributed by atoms with Crippen LogP contribution in [0.15, 0.2) is 0 Å². The normalized spacial score (nSPS) is 15.1. The van der Waals surface area contributed by atoms with Gasteiger partial charge in [0.05, 0.1) is 11.2 Å². The molecule has 1 unspecified atom stereocenters. The van der Waals surface area contributed by atoms with E-state index in [2.05, 4.69) is 0 Å². The Morgan fingerprint density at radius 3 is 2.22 bits per heavy atom. The van der Waals surface area contributed by atoms with Crippen LogP contribution < -0.4 is 0 Å². The number of carbonyl (C=O) groups excluding carboxylic acids is 2. The van der Waals surface area contributed by atoms with Crippen molar-refractivity contribution in [3.05, 3.63) is 0 Å². The van der Waals surface area contributed by atoms with Crippen molar-refractivity contribution in [3.63, 3.8) is 0 Å². The van der Waals surface area contributed by atoms with Crippen molar-refractivity contribution >= 4 is 21.7 Å². The first-order valence-corrected chi connectivity index (χ1v) is 7.23. The minimum Gasteiger partial charge on any atom is -0.377 e. The second-order valence-corrected chi connectivity index (χ2v) is 6.06. The third-order valence-corrected chi connectivity index (χ3v) is 3.80. The van der Waals surface area contributed by atoms with Crippen LogP contribution in [0.4, 0.5) is 0 Å². The Labute approximate surface area is 107 Å². The van der Waals surface area contributed by atoms with Crippen molar-refractivity contribution in [1.29, 1.82) is 0 Å². The summed E-state index contributed by atoms with van der Waals surface area (Å²) in [4.78, 5) is 23.3. The maximum absolute atomic E-state index is 11.8. The van der Waals surface area contributed by atoms with Gasteiger partial charge in [-0.3, -0.25) is 14.1 Å². The molecule has 0 saturated carbocycles. The highest BCUT2D eigenvalue weighted by molar-refractivity contribution is 7.85. The summed E-state index contributed by atoms with van der Waals surface area (Å²) in [5, 5.41) is 0. The van der Waals surface area contributed by atoms with Crippen LogP contribution >= 0.6 is 0 Å². The number of rotatable bonds is 9. The molecule has 7 heteroatoms. The standard InChI is InChI=1S/C11H20O6S/c1-9(12)11(2,10(13)8-17-3)6-4-5-7-18(14,15)16/h4-8H2,1-3H3,(H,14,15,16). The molecule has 0 amide bonds. The highest BCUT2D eigenvalue weighted by Crippen LogP contribution is 2.27. The topological polar surface area (TPSA) is 97.7 Å². The number of hydrogen-bond donors (Lipinski definition) is 1. The van der Waals surface area contributed by atoms with Crippen LogP contribution in [0.3, 0.4) is 0 Å². The Kier molecular flexibility index (Phi) is 6.66. The second-order valence-electron chi connectivity index (χ2n) is 4.49. The van der Waals surface area contributed by atoms with Crippen LogP contribution in [0.2, 0.25) is 0 Å². The molecule has 0 aliphatic heterocycles. The summed E-state index contributed by atoms with van der Waals surface area (Å²) in [6.45, 7) is 2.72. The molecule has 0 fully saturated rings. The van der Waals surface area contributed by atoms with E-state index in [1.165, 1.54) is 21.0 Å². The molecular formula is C11H20O6S. The average Bonchev–Trinajstić information content (AvgIpc) is 2.22. The van der Waals surface area contributed by atoms with Gasteiger partial charge in [-0.25, -0.2) is 0 Å². The molecule has 0 saturated heterocycles. The largest absolute Gasteiger partial charge is 0.377 e. The van der Waals surface area contributed by atoms with E-state index in [1.807, 2.05) is 0 Å². The van der Waals surface area contributed by atoms with Crippen molar-refractivity contribution in [1.82, 2.24) is 0 Å². The molecule has 6 nitrogen and oxygen atoms in total. The molecule has 0 spiro atoms. The summed E-state index contributed by atoms with van der Waals surface area (Å²) in [5.41, 5.74) is -1.14. The molecule has 0 aromatic heterocycles. The van der Waals surface area contributed by atoms with Gasteiger partial charge in [0.1, 0.15) is 12.4 Å². The maximum atomic E-state index is 11.8. The van der Waals surface area contributed by atoms with Gasteiger partial charge in [0, 0.05) is 7.11 Å². The maximum Gasteiger partial charge on any atom is 0.264 e. The van der Waals surface area contributed by atoms with E-state index in [0.29, 0.717) is 6.42 Å². The summed E-state index contributed by atoms with van der Waals surface area (Å²) in [6.07, 6.45) is 0.827. The zero-order valence-corrected chi connectivity index (χ0v) is 11.7. The predicted octanol–water partition coefficient (Wildman–Crippen LogP) is 0.855. The van der Waals surface area contributed by atoms with E-state index < -0.39 is 15.5 Å². The van der Waals surface area contributed by atoms with Gasteiger partial charge in [-0.15, -0.1) is 0 Å². The zero-order valence-electron chi connectivity index (χ0n) is 10.9. The van der Waals surface area contributed by atoms with Crippen LogP contribution in [0.1, 0.15) is 33.1 Å². The molecule has 0 heterocycles. The molecule has 0 aliphatic carbocycles. The van der Waals surface area contributed by atoms with Gasteiger partial charge in [0.2, 0.25) is 0 Å². The minimum absolute atomic E-state index is 0.144. The molecular weight excluding hydrogens is 260 g/mol. The monoisotopic (exact) mass is 280 g/mol. The fourth-order valence-electron chi connectivity index (χ4n) is 1.57. The van der Waals surface area contributed by atoms with E-state index in [-0.39, 0.29) is 36.8 Å². The lowest BCUT2D eigenvalue weighted by atomic mass is 9.77. The third kappa shape index (κ3) is 5.70. The zero-order chi connectivity index (χ0) is 14.4. The van der Waals surface area contributed by atoms with Crippen LogP contribution in [-0.2, 0) is 24.4 Å². The number of ketones is 2. The van der Waals surface area contributed by atoms with Gasteiger partial charge >= 0.3 is 0 Å². The molecule has 0 rings (SSSR count). The van der Waals surface area contributed by atoms with Gasteiger partial charge in [-0.1, -0.05) is 6.42 Å². The van der Waals surface area contributed by atoms with Crippen molar-refractivity contribution in [2.24, 2.45) is 5.41 Å². The number of Topliss-reactive ketones (excluding diaryl/α,β-unsaturated/α-hetero) is 2. The van der Waals surface area contributed by atoms with E-state index in [0.717, 1.165) is 0 Å². The van der Waals surface area contributed by atoms with Gasteiger partial charge in [-0.2, -0.15) is 8.42 Å². The molecule has 0 bridgehead atoms. The van der Waals surface area contributed by atoms with Gasteiger partial charge < -0.3 is 4.74 Å². The van der Waals surface area contributed by atoms with E-state index in [4.69, 9.17) is 9.29 Å². The Morgan fingerprint density at radius 2 is 1.83 bits per heavy atom. The van der Waals surface area contributed by atoms with Gasteiger partial charge in [0.25, 0.3) is 10.1 Å². The molecule has 0 aliphatic rings. The van der Waals surface area contributed by atoms with Crippen LogP contribution in [0.25, 0.3) is 0 Å². The molecule has 0 aromatic rings.